The van der Waals surface area contributed by atoms with E-state index in [-0.39, 0.29) is 25.1 Å². The number of nitrogens with one attached hydrogen (secondary N) is 1. The summed E-state index contributed by atoms with van der Waals surface area (Å²) in [5, 5.41) is 2.28. The van der Waals surface area contributed by atoms with Crippen molar-refractivity contribution >= 4 is 12.1 Å². The molecule has 1 N–H and O–H groups in total. The third-order valence-corrected chi connectivity index (χ3v) is 3.71. The predicted molar refractivity (Wildman–Crippen MR) is 82.4 cm³/mol. The molecule has 1 aromatic rings. The summed E-state index contributed by atoms with van der Waals surface area (Å²) in [6, 6.07) is 9.01. The Kier molecular flexibility index (Phi) is 6.28. The van der Waals surface area contributed by atoms with E-state index in [0.717, 1.165) is 12.7 Å². The topological polar surface area (TPSA) is 64.6 Å². The van der Waals surface area contributed by atoms with Crippen molar-refractivity contribution in [1.29, 1.82) is 0 Å². The number of esters is 1. The number of alkyl carbamates (subject to hydrolysis) is 1. The van der Waals surface area contributed by atoms with Crippen LogP contribution in [0.4, 0.5) is 13.6 Å². The van der Waals surface area contributed by atoms with Crippen LogP contribution < -0.4 is 5.32 Å². The van der Waals surface area contributed by atoms with E-state index < -0.39 is 30.3 Å². The molecule has 1 aliphatic rings. The van der Waals surface area contributed by atoms with Crippen LogP contribution in [-0.2, 0) is 20.9 Å². The van der Waals surface area contributed by atoms with Gasteiger partial charge in [-0.05, 0) is 30.4 Å². The Hall–Kier alpha value is -2.44. The molecule has 5 nitrogen and oxygen atoms in total. The van der Waals surface area contributed by atoms with Gasteiger partial charge in [-0.3, -0.25) is 5.32 Å². The number of benzene rings is 1. The fraction of sp³-hybridized carbons (Fsp3) is 0.412. The lowest BCUT2D eigenvalue weighted by atomic mass is 10.1. The molecular weight excluding hydrogens is 320 g/mol. The molecule has 0 aliphatic heterocycles. The van der Waals surface area contributed by atoms with Gasteiger partial charge in [0.05, 0.1) is 7.11 Å². The lowest BCUT2D eigenvalue weighted by Crippen LogP contribution is -2.29. The molecule has 0 aromatic heterocycles. The summed E-state index contributed by atoms with van der Waals surface area (Å²) in [7, 11) is 1.15. The average molecular weight is 339 g/mol. The minimum atomic E-state index is -1.56. The van der Waals surface area contributed by atoms with Gasteiger partial charge in [-0.2, -0.15) is 0 Å². The standard InChI is InChI=1S/C17H19F2NO4/c1-23-16(21)15(9-12-7-13(18)14(19)8-12)20-17(22)24-10-11-5-3-2-4-6-11/h2-6,9,12-14H,7-8,10H2,1H3,(H,20,22)/t12?,13-,14+. The summed E-state index contributed by atoms with van der Waals surface area (Å²) in [6.07, 6.45) is -2.72. The first-order valence-electron chi connectivity index (χ1n) is 7.55. The van der Waals surface area contributed by atoms with Crippen LogP contribution in [0.5, 0.6) is 0 Å². The summed E-state index contributed by atoms with van der Waals surface area (Å²) >= 11 is 0. The maximum Gasteiger partial charge on any atom is 0.412 e. The van der Waals surface area contributed by atoms with Gasteiger partial charge in [-0.1, -0.05) is 30.3 Å². The lowest BCUT2D eigenvalue weighted by molar-refractivity contribution is -0.136. The Labute approximate surface area is 138 Å². The van der Waals surface area contributed by atoms with E-state index in [1.807, 2.05) is 6.07 Å². The van der Waals surface area contributed by atoms with Crippen molar-refractivity contribution in [3.63, 3.8) is 0 Å². The van der Waals surface area contributed by atoms with E-state index in [9.17, 15) is 18.4 Å². The van der Waals surface area contributed by atoms with Gasteiger partial charge < -0.3 is 9.47 Å². The maximum absolute atomic E-state index is 13.2. The third kappa shape index (κ3) is 5.04. The first kappa shape index (κ1) is 17.9. The minimum Gasteiger partial charge on any atom is -0.464 e. The quantitative estimate of drug-likeness (QED) is 0.661. The average Bonchev–Trinajstić information content (AvgIpc) is 2.90. The summed E-state index contributed by atoms with van der Waals surface area (Å²) in [6.45, 7) is 0.0314. The molecule has 1 unspecified atom stereocenters. The van der Waals surface area contributed by atoms with E-state index >= 15 is 0 Å². The number of hydrogen-bond acceptors (Lipinski definition) is 4. The van der Waals surface area contributed by atoms with Gasteiger partial charge in [0, 0.05) is 0 Å². The molecule has 7 heteroatoms. The van der Waals surface area contributed by atoms with Crippen LogP contribution in [0.3, 0.4) is 0 Å². The monoisotopic (exact) mass is 339 g/mol. The molecule has 1 saturated carbocycles. The van der Waals surface area contributed by atoms with Crippen LogP contribution in [0.2, 0.25) is 0 Å². The van der Waals surface area contributed by atoms with Crippen molar-refractivity contribution in [2.45, 2.75) is 31.8 Å². The van der Waals surface area contributed by atoms with Gasteiger partial charge in [0.15, 0.2) is 0 Å². The zero-order chi connectivity index (χ0) is 17.5. The number of ether oxygens (including phenoxy) is 2. The molecule has 2 rings (SSSR count). The number of halogens is 2. The largest absolute Gasteiger partial charge is 0.464 e. The summed E-state index contributed by atoms with van der Waals surface area (Å²) in [5.41, 5.74) is 0.606. The van der Waals surface area contributed by atoms with Crippen LogP contribution in [0.1, 0.15) is 18.4 Å². The van der Waals surface area contributed by atoms with Crippen molar-refractivity contribution in [3.05, 3.63) is 47.7 Å². The highest BCUT2D eigenvalue weighted by Crippen LogP contribution is 2.32. The minimum absolute atomic E-state index is 0.0314. The van der Waals surface area contributed by atoms with Crippen LogP contribution in [-0.4, -0.2) is 31.5 Å². The molecule has 3 atom stereocenters. The third-order valence-electron chi connectivity index (χ3n) is 3.71. The Balaban J connectivity index is 1.95. The smallest absolute Gasteiger partial charge is 0.412 e. The molecular formula is C17H19F2NO4. The maximum atomic E-state index is 13.2. The van der Waals surface area contributed by atoms with E-state index in [1.165, 1.54) is 6.08 Å². The number of hydrogen-bond donors (Lipinski definition) is 1. The first-order valence-corrected chi connectivity index (χ1v) is 7.55. The van der Waals surface area contributed by atoms with Crippen LogP contribution in [0, 0.1) is 5.92 Å². The molecule has 1 aliphatic carbocycles. The SMILES string of the molecule is COC(=O)C(=CC1C[C@@H](F)[C@@H](F)C1)NC(=O)OCc1ccccc1. The van der Waals surface area contributed by atoms with E-state index in [1.54, 1.807) is 24.3 Å². The van der Waals surface area contributed by atoms with Crippen molar-refractivity contribution in [2.24, 2.45) is 5.92 Å². The normalized spacial score (nSPS) is 23.6. The van der Waals surface area contributed by atoms with Crippen LogP contribution in [0.25, 0.3) is 0 Å². The molecule has 1 aromatic carbocycles. The Morgan fingerprint density at radius 1 is 1.21 bits per heavy atom. The van der Waals surface area contributed by atoms with Crippen LogP contribution >= 0.6 is 0 Å². The molecule has 0 bridgehead atoms. The molecule has 1 fully saturated rings. The van der Waals surface area contributed by atoms with E-state index in [2.05, 4.69) is 10.1 Å². The summed E-state index contributed by atoms with van der Waals surface area (Å²) in [5.74, 6) is -1.29. The van der Waals surface area contributed by atoms with Gasteiger partial charge in [0.25, 0.3) is 0 Å². The van der Waals surface area contributed by atoms with Crippen molar-refractivity contribution < 1.29 is 27.8 Å². The Morgan fingerprint density at radius 3 is 2.42 bits per heavy atom. The molecule has 0 spiro atoms. The number of rotatable bonds is 5. The summed E-state index contributed by atoms with van der Waals surface area (Å²) in [4.78, 5) is 23.5. The number of carbonyl (C=O) groups is 2. The molecule has 130 valence electrons. The van der Waals surface area contributed by atoms with Gasteiger partial charge >= 0.3 is 12.1 Å². The number of carbonyl (C=O) groups excluding carboxylic acids is 2. The number of allylic oxidation sites excluding steroid dienone is 1. The van der Waals surface area contributed by atoms with Gasteiger partial charge in [0.1, 0.15) is 24.6 Å². The highest BCUT2D eigenvalue weighted by atomic mass is 19.2. The first-order chi connectivity index (χ1) is 11.5. The van der Waals surface area contributed by atoms with Crippen molar-refractivity contribution in [2.75, 3.05) is 7.11 Å². The van der Waals surface area contributed by atoms with Gasteiger partial charge in [0.2, 0.25) is 0 Å². The lowest BCUT2D eigenvalue weighted by Gasteiger charge is -2.11. The fourth-order valence-corrected chi connectivity index (χ4v) is 2.48. The Morgan fingerprint density at radius 2 is 1.83 bits per heavy atom. The second-order valence-electron chi connectivity index (χ2n) is 5.52. The highest BCUT2D eigenvalue weighted by molar-refractivity contribution is 5.92. The van der Waals surface area contributed by atoms with Gasteiger partial charge in [-0.15, -0.1) is 0 Å². The van der Waals surface area contributed by atoms with E-state index in [0.29, 0.717) is 0 Å². The number of amides is 1. The molecule has 0 radical (unpaired) electrons. The predicted octanol–water partition coefficient (Wildman–Crippen LogP) is 3.06. The highest BCUT2D eigenvalue weighted by Gasteiger charge is 2.34. The number of methoxy groups -OCH3 is 1. The second kappa shape index (κ2) is 8.42. The second-order valence-corrected chi connectivity index (χ2v) is 5.52. The van der Waals surface area contributed by atoms with Crippen LogP contribution in [0.15, 0.2) is 42.1 Å². The Bertz CT molecular complexity index is 596. The van der Waals surface area contributed by atoms with Crippen molar-refractivity contribution in [3.8, 4) is 0 Å². The fourth-order valence-electron chi connectivity index (χ4n) is 2.48. The molecule has 0 heterocycles. The zero-order valence-electron chi connectivity index (χ0n) is 13.2. The zero-order valence-corrected chi connectivity index (χ0v) is 13.2. The molecule has 0 saturated heterocycles. The summed E-state index contributed by atoms with van der Waals surface area (Å²) < 4.78 is 36.1. The number of alkyl halides is 2. The van der Waals surface area contributed by atoms with Crippen molar-refractivity contribution in [1.82, 2.24) is 5.32 Å². The molecule has 1 amide bonds. The molecule has 24 heavy (non-hydrogen) atoms. The van der Waals surface area contributed by atoms with E-state index in [4.69, 9.17) is 4.74 Å². The van der Waals surface area contributed by atoms with Gasteiger partial charge in [-0.25, -0.2) is 18.4 Å².